The number of rotatable bonds is 7. The molecule has 3 aromatic carbocycles. The van der Waals surface area contributed by atoms with Gasteiger partial charge in [0.1, 0.15) is 4.90 Å². The third-order valence-corrected chi connectivity index (χ3v) is 8.00. The van der Waals surface area contributed by atoms with Crippen molar-refractivity contribution in [2.75, 3.05) is 7.11 Å². The summed E-state index contributed by atoms with van der Waals surface area (Å²) in [5.74, 6) is -0.204. The average molecular weight is 621 g/mol. The molecule has 0 radical (unpaired) electrons. The van der Waals surface area contributed by atoms with Gasteiger partial charge in [-0.2, -0.15) is 8.42 Å². The van der Waals surface area contributed by atoms with E-state index in [9.17, 15) is 18.0 Å². The van der Waals surface area contributed by atoms with Gasteiger partial charge in [-0.1, -0.05) is 35.9 Å². The fourth-order valence-electron chi connectivity index (χ4n) is 3.27. The quantitative estimate of drug-likeness (QED) is 0.193. The molecular formula is C25H20INO6S2. The Morgan fingerprint density at radius 2 is 1.66 bits per heavy atom. The van der Waals surface area contributed by atoms with Crippen LogP contribution in [0.25, 0.3) is 6.08 Å². The van der Waals surface area contributed by atoms with Crippen molar-refractivity contribution in [1.82, 2.24) is 4.90 Å². The molecule has 0 spiro atoms. The summed E-state index contributed by atoms with van der Waals surface area (Å²) < 4.78 is 37.0. The first-order valence-corrected chi connectivity index (χ1v) is 13.7. The van der Waals surface area contributed by atoms with Crippen LogP contribution in [0.3, 0.4) is 0 Å². The number of hydrogen-bond donors (Lipinski definition) is 0. The molecule has 1 aliphatic heterocycles. The molecule has 1 saturated heterocycles. The van der Waals surface area contributed by atoms with Gasteiger partial charge in [0.2, 0.25) is 0 Å². The number of aryl methyl sites for hydroxylation is 1. The van der Waals surface area contributed by atoms with Crippen LogP contribution >= 0.6 is 34.4 Å². The third-order valence-electron chi connectivity index (χ3n) is 5.12. The first-order chi connectivity index (χ1) is 16.7. The van der Waals surface area contributed by atoms with Crippen LogP contribution in [0, 0.1) is 10.5 Å². The number of benzene rings is 3. The molecule has 1 aliphatic rings. The lowest BCUT2D eigenvalue weighted by Crippen LogP contribution is -2.27. The van der Waals surface area contributed by atoms with Crippen LogP contribution in [-0.4, -0.2) is 31.6 Å². The highest BCUT2D eigenvalue weighted by atomic mass is 127. The molecule has 4 rings (SSSR count). The highest BCUT2D eigenvalue weighted by molar-refractivity contribution is 14.1. The second-order valence-electron chi connectivity index (χ2n) is 7.66. The van der Waals surface area contributed by atoms with Crippen LogP contribution in [-0.2, 0) is 21.5 Å². The van der Waals surface area contributed by atoms with Gasteiger partial charge in [0.05, 0.1) is 18.6 Å². The van der Waals surface area contributed by atoms with Gasteiger partial charge in [0, 0.05) is 3.57 Å². The Bertz CT molecular complexity index is 1420. The number of carbonyl (C=O) groups excluding carboxylic acids is 2. The van der Waals surface area contributed by atoms with Crippen molar-refractivity contribution in [2.45, 2.75) is 18.4 Å². The summed E-state index contributed by atoms with van der Waals surface area (Å²) in [6.45, 7) is 2.04. The second-order valence-corrected chi connectivity index (χ2v) is 11.4. The van der Waals surface area contributed by atoms with Crippen molar-refractivity contribution in [3.63, 3.8) is 0 Å². The molecular weight excluding hydrogens is 601 g/mol. The maximum Gasteiger partial charge on any atom is 0.339 e. The number of halogens is 1. The first-order valence-electron chi connectivity index (χ1n) is 10.4. The Morgan fingerprint density at radius 1 is 0.971 bits per heavy atom. The van der Waals surface area contributed by atoms with Crippen molar-refractivity contribution < 1.29 is 26.9 Å². The van der Waals surface area contributed by atoms with Gasteiger partial charge in [0.25, 0.3) is 11.1 Å². The fraction of sp³-hybridized carbons (Fsp3) is 0.120. The second kappa shape index (κ2) is 10.4. The van der Waals surface area contributed by atoms with Crippen LogP contribution in [0.2, 0.25) is 0 Å². The van der Waals surface area contributed by atoms with Crippen LogP contribution < -0.4 is 8.92 Å². The van der Waals surface area contributed by atoms with Crippen LogP contribution in [0.15, 0.2) is 76.5 Å². The molecule has 0 aromatic heterocycles. The summed E-state index contributed by atoms with van der Waals surface area (Å²) in [6, 6.07) is 18.5. The standard InChI is InChI=1S/C25H20INO6S2/c1-16-3-10-20(11-4-16)35(30,31)33-21-12-7-18(13-22(21)32-2)14-23-24(28)27(25(29)34-23)15-17-5-8-19(26)9-6-17/h3-14H,15H2,1-2H3/b23-14-. The zero-order valence-electron chi connectivity index (χ0n) is 18.7. The van der Waals surface area contributed by atoms with Gasteiger partial charge in [-0.05, 0) is 94.9 Å². The van der Waals surface area contributed by atoms with Gasteiger partial charge in [0.15, 0.2) is 11.5 Å². The van der Waals surface area contributed by atoms with E-state index >= 15 is 0 Å². The minimum atomic E-state index is -4.06. The van der Waals surface area contributed by atoms with Gasteiger partial charge >= 0.3 is 10.1 Å². The topological polar surface area (TPSA) is 90.0 Å². The lowest BCUT2D eigenvalue weighted by molar-refractivity contribution is -0.123. The largest absolute Gasteiger partial charge is 0.493 e. The average Bonchev–Trinajstić information content (AvgIpc) is 3.08. The van der Waals surface area contributed by atoms with Crippen molar-refractivity contribution >= 4 is 61.7 Å². The van der Waals surface area contributed by atoms with E-state index in [4.69, 9.17) is 8.92 Å². The van der Waals surface area contributed by atoms with Gasteiger partial charge < -0.3 is 8.92 Å². The molecule has 0 aliphatic carbocycles. The number of hydrogen-bond acceptors (Lipinski definition) is 7. The smallest absolute Gasteiger partial charge is 0.339 e. The van der Waals surface area contributed by atoms with E-state index < -0.39 is 10.1 Å². The summed E-state index contributed by atoms with van der Waals surface area (Å²) in [4.78, 5) is 26.8. The molecule has 7 nitrogen and oxygen atoms in total. The predicted octanol–water partition coefficient (Wildman–Crippen LogP) is 5.61. The minimum Gasteiger partial charge on any atom is -0.493 e. The van der Waals surface area contributed by atoms with Gasteiger partial charge in [-0.15, -0.1) is 0 Å². The number of ether oxygens (including phenoxy) is 1. The highest BCUT2D eigenvalue weighted by Crippen LogP contribution is 2.36. The Morgan fingerprint density at radius 3 is 2.31 bits per heavy atom. The monoisotopic (exact) mass is 621 g/mol. The number of methoxy groups -OCH3 is 1. The van der Waals surface area contributed by atoms with E-state index in [-0.39, 0.29) is 39.0 Å². The van der Waals surface area contributed by atoms with Crippen molar-refractivity contribution in [1.29, 1.82) is 0 Å². The van der Waals surface area contributed by atoms with Crippen LogP contribution in [0.1, 0.15) is 16.7 Å². The molecule has 10 heteroatoms. The summed E-state index contributed by atoms with van der Waals surface area (Å²) in [5.41, 5.74) is 2.34. The zero-order chi connectivity index (χ0) is 25.2. The fourth-order valence-corrected chi connectivity index (χ4v) is 5.41. The molecule has 1 fully saturated rings. The number of imide groups is 1. The lowest BCUT2D eigenvalue weighted by Gasteiger charge is -2.12. The molecule has 3 aromatic rings. The number of thioether (sulfide) groups is 1. The van der Waals surface area contributed by atoms with Gasteiger partial charge in [-0.3, -0.25) is 14.5 Å². The minimum absolute atomic E-state index is 0.0111. The van der Waals surface area contributed by atoms with Crippen LogP contribution in [0.4, 0.5) is 4.79 Å². The van der Waals surface area contributed by atoms with Crippen molar-refractivity contribution in [3.05, 3.63) is 91.9 Å². The SMILES string of the molecule is COc1cc(/C=C2\SC(=O)N(Cc3ccc(I)cc3)C2=O)ccc1OS(=O)(=O)c1ccc(C)cc1. The Labute approximate surface area is 221 Å². The van der Waals surface area contributed by atoms with Gasteiger partial charge in [-0.25, -0.2) is 0 Å². The zero-order valence-corrected chi connectivity index (χ0v) is 22.5. The van der Waals surface area contributed by atoms with Crippen molar-refractivity contribution in [2.24, 2.45) is 0 Å². The molecule has 180 valence electrons. The van der Waals surface area contributed by atoms with E-state index in [2.05, 4.69) is 22.6 Å². The normalized spacial score (nSPS) is 15.1. The number of amides is 2. The van der Waals surface area contributed by atoms with Crippen LogP contribution in [0.5, 0.6) is 11.5 Å². The van der Waals surface area contributed by atoms with E-state index in [1.165, 1.54) is 30.2 Å². The maximum absolute atomic E-state index is 12.9. The maximum atomic E-state index is 12.9. The predicted molar refractivity (Wildman–Crippen MR) is 143 cm³/mol. The van der Waals surface area contributed by atoms with E-state index in [1.54, 1.807) is 30.3 Å². The van der Waals surface area contributed by atoms with Crippen molar-refractivity contribution in [3.8, 4) is 11.5 Å². The highest BCUT2D eigenvalue weighted by Gasteiger charge is 2.35. The molecule has 0 bridgehead atoms. The number of nitrogens with zero attached hydrogens (tertiary/aromatic N) is 1. The van der Waals surface area contributed by atoms with E-state index in [0.717, 1.165) is 26.5 Å². The molecule has 0 atom stereocenters. The summed E-state index contributed by atoms with van der Waals surface area (Å²) >= 11 is 3.04. The molecule has 0 unspecified atom stereocenters. The Kier molecular flexibility index (Phi) is 7.53. The van der Waals surface area contributed by atoms with E-state index in [0.29, 0.717) is 5.56 Å². The molecule has 1 heterocycles. The molecule has 35 heavy (non-hydrogen) atoms. The third kappa shape index (κ3) is 5.88. The molecule has 2 amide bonds. The molecule has 0 saturated carbocycles. The van der Waals surface area contributed by atoms with E-state index in [1.807, 2.05) is 31.2 Å². The Balaban J connectivity index is 1.54. The summed E-state index contributed by atoms with van der Waals surface area (Å²) in [7, 11) is -2.67. The molecule has 0 N–H and O–H groups in total. The summed E-state index contributed by atoms with van der Waals surface area (Å²) in [6.07, 6.45) is 1.57. The summed E-state index contributed by atoms with van der Waals surface area (Å²) in [5, 5.41) is -0.351. The Hall–Kier alpha value is -2.83. The lowest BCUT2D eigenvalue weighted by atomic mass is 10.1. The number of carbonyl (C=O) groups is 2. The first kappa shape index (κ1) is 25.3.